The second kappa shape index (κ2) is 6.10. The predicted octanol–water partition coefficient (Wildman–Crippen LogP) is 2.44. The molecule has 1 atom stereocenters. The molecule has 0 spiro atoms. The van der Waals surface area contributed by atoms with Crippen molar-refractivity contribution in [2.45, 2.75) is 31.7 Å². The van der Waals surface area contributed by atoms with E-state index in [2.05, 4.69) is 9.88 Å². The van der Waals surface area contributed by atoms with Gasteiger partial charge in [0.2, 0.25) is 0 Å². The molecule has 0 radical (unpaired) electrons. The number of carbonyl (C=O) groups is 1. The third kappa shape index (κ3) is 2.96. The van der Waals surface area contributed by atoms with Crippen LogP contribution in [0.5, 0.6) is 0 Å². The number of hydrogen-bond acceptors (Lipinski definition) is 3. The number of hydrogen-bond donors (Lipinski definition) is 0. The van der Waals surface area contributed by atoms with Gasteiger partial charge in [0.15, 0.2) is 0 Å². The third-order valence-electron chi connectivity index (χ3n) is 4.33. The molecule has 1 aromatic heterocycles. The highest BCUT2D eigenvalue weighted by Crippen LogP contribution is 2.21. The molecule has 2 aliphatic rings. The first kappa shape index (κ1) is 13.8. The normalized spacial score (nSPS) is 24.1. The highest BCUT2D eigenvalue weighted by molar-refractivity contribution is 6.29. The van der Waals surface area contributed by atoms with E-state index in [1.807, 2.05) is 4.90 Å². The standard InChI is InChI=1S/C15H20ClN3O/c16-14-5-4-12(10-17-14)15(20)19-9-6-13(11-19)18-7-2-1-3-8-18/h4-5,10,13H,1-3,6-9,11H2. The quantitative estimate of drug-likeness (QED) is 0.786. The van der Waals surface area contributed by atoms with Crippen molar-refractivity contribution in [3.05, 3.63) is 29.0 Å². The summed E-state index contributed by atoms with van der Waals surface area (Å²) in [6.07, 6.45) is 6.60. The summed E-state index contributed by atoms with van der Waals surface area (Å²) in [4.78, 5) is 20.9. The molecule has 0 aromatic carbocycles. The monoisotopic (exact) mass is 293 g/mol. The number of nitrogens with zero attached hydrogens (tertiary/aromatic N) is 3. The average molecular weight is 294 g/mol. The van der Waals surface area contributed by atoms with Crippen molar-refractivity contribution in [1.29, 1.82) is 0 Å². The maximum absolute atomic E-state index is 12.4. The summed E-state index contributed by atoms with van der Waals surface area (Å²) in [6.45, 7) is 4.08. The fraction of sp³-hybridized carbons (Fsp3) is 0.600. The van der Waals surface area contributed by atoms with E-state index in [0.717, 1.165) is 19.5 Å². The van der Waals surface area contributed by atoms with E-state index in [9.17, 15) is 4.79 Å². The molecule has 0 saturated carbocycles. The van der Waals surface area contributed by atoms with E-state index in [-0.39, 0.29) is 5.91 Å². The van der Waals surface area contributed by atoms with E-state index in [0.29, 0.717) is 16.8 Å². The molecule has 5 heteroatoms. The first-order chi connectivity index (χ1) is 9.74. The fourth-order valence-electron chi connectivity index (χ4n) is 3.19. The van der Waals surface area contributed by atoms with Crippen LogP contribution >= 0.6 is 11.6 Å². The van der Waals surface area contributed by atoms with E-state index < -0.39 is 0 Å². The summed E-state index contributed by atoms with van der Waals surface area (Å²) in [7, 11) is 0. The van der Waals surface area contributed by atoms with Crippen LogP contribution in [0.15, 0.2) is 18.3 Å². The van der Waals surface area contributed by atoms with Crippen LogP contribution in [-0.2, 0) is 0 Å². The topological polar surface area (TPSA) is 36.4 Å². The number of amides is 1. The van der Waals surface area contributed by atoms with Gasteiger partial charge in [0.1, 0.15) is 5.15 Å². The van der Waals surface area contributed by atoms with E-state index in [4.69, 9.17) is 11.6 Å². The molecule has 1 amide bonds. The van der Waals surface area contributed by atoms with E-state index in [1.54, 1.807) is 18.3 Å². The first-order valence-corrected chi connectivity index (χ1v) is 7.77. The zero-order valence-electron chi connectivity index (χ0n) is 11.6. The van der Waals surface area contributed by atoms with Crippen LogP contribution in [-0.4, -0.2) is 52.9 Å². The summed E-state index contributed by atoms with van der Waals surface area (Å²) < 4.78 is 0. The Labute approximate surface area is 124 Å². The number of piperidine rings is 1. The minimum absolute atomic E-state index is 0.0775. The molecule has 1 unspecified atom stereocenters. The molecule has 1 aromatic rings. The maximum atomic E-state index is 12.4. The lowest BCUT2D eigenvalue weighted by Gasteiger charge is -2.32. The molecule has 0 N–H and O–H groups in total. The SMILES string of the molecule is O=C(c1ccc(Cl)nc1)N1CCC(N2CCCCC2)C1. The van der Waals surface area contributed by atoms with Crippen molar-refractivity contribution in [2.24, 2.45) is 0 Å². The summed E-state index contributed by atoms with van der Waals surface area (Å²) in [6, 6.07) is 3.97. The molecule has 3 heterocycles. The van der Waals surface area contributed by atoms with Gasteiger partial charge in [-0.25, -0.2) is 4.98 Å². The van der Waals surface area contributed by atoms with Gasteiger partial charge in [0.25, 0.3) is 5.91 Å². The number of likely N-dealkylation sites (tertiary alicyclic amines) is 2. The van der Waals surface area contributed by atoms with Crippen molar-refractivity contribution < 1.29 is 4.79 Å². The highest BCUT2D eigenvalue weighted by Gasteiger charge is 2.31. The minimum atomic E-state index is 0.0775. The van der Waals surface area contributed by atoms with Gasteiger partial charge in [0, 0.05) is 25.3 Å². The Morgan fingerprint density at radius 2 is 2.00 bits per heavy atom. The lowest BCUT2D eigenvalue weighted by atomic mass is 10.1. The van der Waals surface area contributed by atoms with Crippen molar-refractivity contribution in [1.82, 2.24) is 14.8 Å². The average Bonchev–Trinajstić information content (AvgIpc) is 2.98. The second-order valence-corrected chi connectivity index (χ2v) is 6.05. The Kier molecular flexibility index (Phi) is 4.22. The largest absolute Gasteiger partial charge is 0.337 e. The van der Waals surface area contributed by atoms with Crippen LogP contribution in [0.25, 0.3) is 0 Å². The lowest BCUT2D eigenvalue weighted by Crippen LogP contribution is -2.41. The minimum Gasteiger partial charge on any atom is -0.337 e. The van der Waals surface area contributed by atoms with Gasteiger partial charge in [-0.1, -0.05) is 18.0 Å². The zero-order chi connectivity index (χ0) is 13.9. The van der Waals surface area contributed by atoms with E-state index >= 15 is 0 Å². The number of carbonyl (C=O) groups excluding carboxylic acids is 1. The molecule has 0 bridgehead atoms. The van der Waals surface area contributed by atoms with Gasteiger partial charge < -0.3 is 4.90 Å². The van der Waals surface area contributed by atoms with Gasteiger partial charge >= 0.3 is 0 Å². The van der Waals surface area contributed by atoms with Crippen molar-refractivity contribution in [2.75, 3.05) is 26.2 Å². The number of halogens is 1. The van der Waals surface area contributed by atoms with Gasteiger partial charge in [-0.2, -0.15) is 0 Å². The predicted molar refractivity (Wildman–Crippen MR) is 79.0 cm³/mol. The summed E-state index contributed by atoms with van der Waals surface area (Å²) >= 11 is 5.76. The van der Waals surface area contributed by atoms with Gasteiger partial charge in [0.05, 0.1) is 5.56 Å². The molecule has 3 rings (SSSR count). The smallest absolute Gasteiger partial charge is 0.255 e. The Hall–Kier alpha value is -1.13. The Morgan fingerprint density at radius 1 is 1.20 bits per heavy atom. The fourth-order valence-corrected chi connectivity index (χ4v) is 3.30. The Morgan fingerprint density at radius 3 is 2.70 bits per heavy atom. The molecular formula is C15H20ClN3O. The van der Waals surface area contributed by atoms with Crippen LogP contribution < -0.4 is 0 Å². The number of rotatable bonds is 2. The van der Waals surface area contributed by atoms with Gasteiger partial charge in [-0.05, 0) is 44.5 Å². The Bertz CT molecular complexity index is 471. The molecule has 2 aliphatic heterocycles. The zero-order valence-corrected chi connectivity index (χ0v) is 12.4. The van der Waals surface area contributed by atoms with Crippen LogP contribution in [0.1, 0.15) is 36.0 Å². The molecule has 108 valence electrons. The summed E-state index contributed by atoms with van der Waals surface area (Å²) in [5.41, 5.74) is 0.633. The third-order valence-corrected chi connectivity index (χ3v) is 4.56. The maximum Gasteiger partial charge on any atom is 0.255 e. The van der Waals surface area contributed by atoms with Crippen molar-refractivity contribution >= 4 is 17.5 Å². The summed E-state index contributed by atoms with van der Waals surface area (Å²) in [5, 5.41) is 0.425. The number of pyridine rings is 1. The Balaban J connectivity index is 1.61. The second-order valence-electron chi connectivity index (χ2n) is 5.66. The lowest BCUT2D eigenvalue weighted by molar-refractivity contribution is 0.0771. The van der Waals surface area contributed by atoms with Crippen molar-refractivity contribution in [3.63, 3.8) is 0 Å². The van der Waals surface area contributed by atoms with Gasteiger partial charge in [-0.15, -0.1) is 0 Å². The molecule has 2 saturated heterocycles. The molecule has 0 aliphatic carbocycles. The van der Waals surface area contributed by atoms with E-state index in [1.165, 1.54) is 32.4 Å². The molecule has 2 fully saturated rings. The highest BCUT2D eigenvalue weighted by atomic mass is 35.5. The van der Waals surface area contributed by atoms with Gasteiger partial charge in [-0.3, -0.25) is 9.69 Å². The molecule has 20 heavy (non-hydrogen) atoms. The molecular weight excluding hydrogens is 274 g/mol. The summed E-state index contributed by atoms with van der Waals surface area (Å²) in [5.74, 6) is 0.0775. The van der Waals surface area contributed by atoms with Crippen molar-refractivity contribution in [3.8, 4) is 0 Å². The van der Waals surface area contributed by atoms with Crippen LogP contribution in [0.4, 0.5) is 0 Å². The van der Waals surface area contributed by atoms with Crippen LogP contribution in [0.2, 0.25) is 5.15 Å². The molecule has 4 nitrogen and oxygen atoms in total. The van der Waals surface area contributed by atoms with Crippen LogP contribution in [0.3, 0.4) is 0 Å². The first-order valence-electron chi connectivity index (χ1n) is 7.39. The van der Waals surface area contributed by atoms with Crippen LogP contribution in [0, 0.1) is 0 Å². The number of aromatic nitrogens is 1.